The highest BCUT2D eigenvalue weighted by atomic mass is 15.1. The fourth-order valence-electron chi connectivity index (χ4n) is 2.57. The Morgan fingerprint density at radius 2 is 2.12 bits per heavy atom. The molecule has 1 aliphatic heterocycles. The average molecular weight is 241 g/mol. The van der Waals surface area contributed by atoms with E-state index in [0.29, 0.717) is 0 Å². The largest absolute Gasteiger partial charge is 0.314 e. The Bertz CT molecular complexity index is 194. The summed E-state index contributed by atoms with van der Waals surface area (Å²) >= 11 is 0. The van der Waals surface area contributed by atoms with Crippen molar-refractivity contribution < 1.29 is 0 Å². The molecule has 2 unspecified atom stereocenters. The lowest BCUT2D eigenvalue weighted by Gasteiger charge is -2.32. The number of nitrogens with zero attached hydrogens (tertiary/aromatic N) is 2. The summed E-state index contributed by atoms with van der Waals surface area (Å²) in [6.45, 7) is 10.8. The van der Waals surface area contributed by atoms with Crippen LogP contribution in [-0.4, -0.2) is 62.7 Å². The highest BCUT2D eigenvalue weighted by Crippen LogP contribution is 2.09. The lowest BCUT2D eigenvalue weighted by atomic mass is 10.0. The molecule has 102 valence electrons. The molecule has 1 heterocycles. The predicted molar refractivity (Wildman–Crippen MR) is 75.5 cm³/mol. The van der Waals surface area contributed by atoms with Crippen LogP contribution < -0.4 is 5.32 Å². The Morgan fingerprint density at radius 3 is 2.76 bits per heavy atom. The van der Waals surface area contributed by atoms with E-state index in [1.165, 1.54) is 52.0 Å². The Balaban J connectivity index is 2.31. The highest BCUT2D eigenvalue weighted by Gasteiger charge is 2.17. The van der Waals surface area contributed by atoms with Crippen molar-refractivity contribution in [2.75, 3.05) is 46.8 Å². The minimum absolute atomic E-state index is 0.731. The number of hydrogen-bond donors (Lipinski definition) is 1. The molecule has 2 atom stereocenters. The minimum Gasteiger partial charge on any atom is -0.314 e. The lowest BCUT2D eigenvalue weighted by Crippen LogP contribution is -2.43. The molecule has 0 radical (unpaired) electrons. The van der Waals surface area contributed by atoms with Crippen LogP contribution in [0.1, 0.15) is 33.1 Å². The van der Waals surface area contributed by atoms with Gasteiger partial charge in [-0.15, -0.1) is 0 Å². The van der Waals surface area contributed by atoms with Crippen molar-refractivity contribution in [3.8, 4) is 0 Å². The Labute approximate surface area is 108 Å². The van der Waals surface area contributed by atoms with Crippen LogP contribution in [0.25, 0.3) is 0 Å². The second-order valence-corrected chi connectivity index (χ2v) is 5.86. The molecule has 3 heteroatoms. The van der Waals surface area contributed by atoms with Crippen LogP contribution in [0.15, 0.2) is 0 Å². The normalized spacial score (nSPS) is 28.1. The molecule has 0 saturated carbocycles. The van der Waals surface area contributed by atoms with Gasteiger partial charge in [0, 0.05) is 12.6 Å². The number of nitrogens with one attached hydrogen (secondary N) is 1. The van der Waals surface area contributed by atoms with E-state index < -0.39 is 0 Å². The van der Waals surface area contributed by atoms with Crippen LogP contribution in [0.3, 0.4) is 0 Å². The summed E-state index contributed by atoms with van der Waals surface area (Å²) in [4.78, 5) is 4.95. The Kier molecular flexibility index (Phi) is 7.09. The van der Waals surface area contributed by atoms with Gasteiger partial charge in [0.25, 0.3) is 0 Å². The van der Waals surface area contributed by atoms with Gasteiger partial charge in [0.2, 0.25) is 0 Å². The summed E-state index contributed by atoms with van der Waals surface area (Å²) in [5.41, 5.74) is 0. The van der Waals surface area contributed by atoms with E-state index >= 15 is 0 Å². The molecule has 0 aromatic rings. The maximum Gasteiger partial charge on any atom is 0.00767 e. The summed E-state index contributed by atoms with van der Waals surface area (Å²) in [5.74, 6) is 0.781. The average Bonchev–Trinajstić information content (AvgIpc) is 2.25. The first-order chi connectivity index (χ1) is 8.11. The van der Waals surface area contributed by atoms with E-state index in [2.05, 4.69) is 43.1 Å². The molecular weight excluding hydrogens is 210 g/mol. The molecular formula is C14H31N3. The first kappa shape index (κ1) is 14.9. The Hall–Kier alpha value is -0.120. The van der Waals surface area contributed by atoms with E-state index in [9.17, 15) is 0 Å². The van der Waals surface area contributed by atoms with Crippen molar-refractivity contribution in [1.29, 1.82) is 0 Å². The van der Waals surface area contributed by atoms with Gasteiger partial charge in [0.05, 0.1) is 0 Å². The van der Waals surface area contributed by atoms with E-state index in [4.69, 9.17) is 0 Å². The van der Waals surface area contributed by atoms with E-state index in [1.807, 2.05) is 0 Å². The zero-order valence-corrected chi connectivity index (χ0v) is 12.2. The van der Waals surface area contributed by atoms with Gasteiger partial charge in [0.1, 0.15) is 0 Å². The quantitative estimate of drug-likeness (QED) is 0.789. The molecule has 1 aliphatic rings. The van der Waals surface area contributed by atoms with Crippen LogP contribution in [0.2, 0.25) is 0 Å². The van der Waals surface area contributed by atoms with Crippen LogP contribution in [-0.2, 0) is 0 Å². The van der Waals surface area contributed by atoms with Gasteiger partial charge < -0.3 is 15.1 Å². The molecule has 1 N–H and O–H groups in total. The zero-order chi connectivity index (χ0) is 12.7. The molecule has 1 rings (SSSR count). The molecule has 3 nitrogen and oxygen atoms in total. The van der Waals surface area contributed by atoms with Crippen molar-refractivity contribution in [2.45, 2.75) is 39.2 Å². The molecule has 0 aromatic heterocycles. The van der Waals surface area contributed by atoms with Gasteiger partial charge in [-0.1, -0.05) is 13.8 Å². The summed E-state index contributed by atoms with van der Waals surface area (Å²) in [7, 11) is 4.32. The molecule has 1 fully saturated rings. The molecule has 1 saturated heterocycles. The fourth-order valence-corrected chi connectivity index (χ4v) is 2.57. The Morgan fingerprint density at radius 1 is 1.35 bits per heavy atom. The van der Waals surface area contributed by atoms with Crippen molar-refractivity contribution in [3.05, 3.63) is 0 Å². The molecule has 0 aromatic carbocycles. The standard InChI is InChI=1S/C14H31N3/c1-5-14-7-10-17(9-6-8-16(3)4)12-13(2)11-15-14/h13-15H,5-12H2,1-4H3. The topological polar surface area (TPSA) is 18.5 Å². The number of rotatable bonds is 5. The third-order valence-electron chi connectivity index (χ3n) is 3.69. The van der Waals surface area contributed by atoms with Crippen molar-refractivity contribution >= 4 is 0 Å². The fraction of sp³-hybridized carbons (Fsp3) is 1.00. The van der Waals surface area contributed by atoms with Crippen molar-refractivity contribution in [2.24, 2.45) is 5.92 Å². The molecule has 0 aliphatic carbocycles. The van der Waals surface area contributed by atoms with Gasteiger partial charge in [-0.2, -0.15) is 0 Å². The van der Waals surface area contributed by atoms with Crippen LogP contribution in [0.5, 0.6) is 0 Å². The molecule has 0 bridgehead atoms. The second kappa shape index (κ2) is 8.06. The van der Waals surface area contributed by atoms with Crippen molar-refractivity contribution in [1.82, 2.24) is 15.1 Å². The maximum absolute atomic E-state index is 3.68. The third-order valence-corrected chi connectivity index (χ3v) is 3.69. The second-order valence-electron chi connectivity index (χ2n) is 5.86. The first-order valence-corrected chi connectivity index (χ1v) is 7.22. The minimum atomic E-state index is 0.731. The van der Waals surface area contributed by atoms with Crippen LogP contribution in [0, 0.1) is 5.92 Å². The van der Waals surface area contributed by atoms with Gasteiger partial charge in [-0.3, -0.25) is 0 Å². The van der Waals surface area contributed by atoms with Gasteiger partial charge in [-0.05, 0) is 65.5 Å². The van der Waals surface area contributed by atoms with Gasteiger partial charge in [-0.25, -0.2) is 0 Å². The monoisotopic (exact) mass is 241 g/mol. The summed E-state index contributed by atoms with van der Waals surface area (Å²) in [6, 6.07) is 0.731. The molecule has 0 amide bonds. The SMILES string of the molecule is CCC1CCN(CCCN(C)C)CC(C)CN1. The zero-order valence-electron chi connectivity index (χ0n) is 12.2. The van der Waals surface area contributed by atoms with E-state index in [0.717, 1.165) is 12.0 Å². The summed E-state index contributed by atoms with van der Waals surface area (Å²) in [5, 5.41) is 3.68. The summed E-state index contributed by atoms with van der Waals surface area (Å²) in [6.07, 6.45) is 3.87. The predicted octanol–water partition coefficient (Wildman–Crippen LogP) is 1.65. The maximum atomic E-state index is 3.68. The van der Waals surface area contributed by atoms with E-state index in [-0.39, 0.29) is 0 Å². The molecule has 17 heavy (non-hydrogen) atoms. The van der Waals surface area contributed by atoms with E-state index in [1.54, 1.807) is 0 Å². The van der Waals surface area contributed by atoms with Gasteiger partial charge in [0.15, 0.2) is 0 Å². The molecule has 0 spiro atoms. The lowest BCUT2D eigenvalue weighted by molar-refractivity contribution is 0.189. The van der Waals surface area contributed by atoms with Crippen molar-refractivity contribution in [3.63, 3.8) is 0 Å². The van der Waals surface area contributed by atoms with Gasteiger partial charge >= 0.3 is 0 Å². The smallest absolute Gasteiger partial charge is 0.00767 e. The highest BCUT2D eigenvalue weighted by molar-refractivity contribution is 4.75. The first-order valence-electron chi connectivity index (χ1n) is 7.22. The third kappa shape index (κ3) is 6.39. The number of hydrogen-bond acceptors (Lipinski definition) is 3. The van der Waals surface area contributed by atoms with Crippen LogP contribution >= 0.6 is 0 Å². The summed E-state index contributed by atoms with van der Waals surface area (Å²) < 4.78 is 0. The van der Waals surface area contributed by atoms with Crippen LogP contribution in [0.4, 0.5) is 0 Å².